The van der Waals surface area contributed by atoms with E-state index in [0.29, 0.717) is 12.8 Å². The number of aliphatic imine (C=N–C) groups is 2. The van der Waals surface area contributed by atoms with Gasteiger partial charge in [0.1, 0.15) is 17.3 Å². The highest BCUT2D eigenvalue weighted by Crippen LogP contribution is 2.40. The second kappa shape index (κ2) is 4.98. The molecule has 3 rings (SSSR count). The fourth-order valence-corrected chi connectivity index (χ4v) is 3.13. The minimum Gasteiger partial charge on any atom is -0.369 e. The average molecular weight is 293 g/mol. The summed E-state index contributed by atoms with van der Waals surface area (Å²) in [4.78, 5) is 9.82. The van der Waals surface area contributed by atoms with Crippen molar-refractivity contribution in [3.05, 3.63) is 29.8 Å². The van der Waals surface area contributed by atoms with Crippen molar-refractivity contribution in [2.24, 2.45) is 21.5 Å². The second-order valence-electron chi connectivity index (χ2n) is 5.41. The van der Waals surface area contributed by atoms with Crippen LogP contribution in [-0.2, 0) is 0 Å². The fraction of sp³-hybridized carbons (Fsp3) is 0.429. The van der Waals surface area contributed by atoms with E-state index < -0.39 is 17.3 Å². The first kappa shape index (κ1) is 13.8. The molecule has 1 fully saturated rings. The van der Waals surface area contributed by atoms with Crippen molar-refractivity contribution < 1.29 is 8.78 Å². The number of rotatable bonds is 1. The molecule has 1 aliphatic carbocycles. The van der Waals surface area contributed by atoms with Gasteiger partial charge in [-0.05, 0) is 37.8 Å². The molecule has 0 saturated heterocycles. The van der Waals surface area contributed by atoms with Gasteiger partial charge in [-0.3, -0.25) is 4.90 Å². The lowest BCUT2D eigenvalue weighted by Crippen LogP contribution is -2.58. The normalized spacial score (nSPS) is 21.1. The molecule has 1 saturated carbocycles. The Morgan fingerprint density at radius 2 is 1.81 bits per heavy atom. The molecule has 0 aromatic heterocycles. The molecular formula is C14H17F2N5. The molecule has 1 aliphatic heterocycles. The standard InChI is InChI=1S/C14H17F2N5/c15-9-4-5-10(16)11(8-9)21-13(18)19-12(17)20-14(21)6-2-1-3-7-14/h4-5,8H,1-3,6-7H2,(H4,17,18,19,20). The molecule has 2 aliphatic rings. The Bertz CT molecular complexity index is 620. The number of guanidine groups is 2. The third kappa shape index (κ3) is 2.32. The minimum absolute atomic E-state index is 0.0499. The number of hydrogen-bond donors (Lipinski definition) is 2. The zero-order chi connectivity index (χ0) is 15.0. The quantitative estimate of drug-likeness (QED) is 0.832. The molecule has 1 aromatic carbocycles. The highest BCUT2D eigenvalue weighted by Gasteiger charge is 2.43. The first-order valence-corrected chi connectivity index (χ1v) is 6.97. The third-order valence-electron chi connectivity index (χ3n) is 4.00. The Morgan fingerprint density at radius 1 is 1.10 bits per heavy atom. The fourth-order valence-electron chi connectivity index (χ4n) is 3.13. The Balaban J connectivity index is 2.13. The minimum atomic E-state index is -0.761. The zero-order valence-electron chi connectivity index (χ0n) is 11.5. The maximum atomic E-state index is 14.2. The molecule has 21 heavy (non-hydrogen) atoms. The van der Waals surface area contributed by atoms with Crippen molar-refractivity contribution in [3.63, 3.8) is 0 Å². The van der Waals surface area contributed by atoms with Crippen LogP contribution in [-0.4, -0.2) is 17.6 Å². The summed E-state index contributed by atoms with van der Waals surface area (Å²) in [7, 11) is 0. The largest absolute Gasteiger partial charge is 0.369 e. The van der Waals surface area contributed by atoms with Gasteiger partial charge in [0, 0.05) is 6.07 Å². The van der Waals surface area contributed by atoms with Crippen LogP contribution in [0.1, 0.15) is 32.1 Å². The van der Waals surface area contributed by atoms with Gasteiger partial charge in [-0.2, -0.15) is 4.99 Å². The third-order valence-corrected chi connectivity index (χ3v) is 4.00. The topological polar surface area (TPSA) is 80.0 Å². The molecule has 4 N–H and O–H groups in total. The van der Waals surface area contributed by atoms with Crippen LogP contribution in [0.3, 0.4) is 0 Å². The van der Waals surface area contributed by atoms with Gasteiger partial charge < -0.3 is 11.5 Å². The van der Waals surface area contributed by atoms with Gasteiger partial charge in [0.25, 0.3) is 0 Å². The van der Waals surface area contributed by atoms with Crippen molar-refractivity contribution >= 4 is 17.6 Å². The van der Waals surface area contributed by atoms with E-state index in [2.05, 4.69) is 9.98 Å². The maximum Gasteiger partial charge on any atom is 0.220 e. The van der Waals surface area contributed by atoms with Crippen molar-refractivity contribution in [3.8, 4) is 0 Å². The lowest BCUT2D eigenvalue weighted by atomic mass is 9.87. The lowest BCUT2D eigenvalue weighted by Gasteiger charge is -2.45. The van der Waals surface area contributed by atoms with Crippen molar-refractivity contribution in [2.45, 2.75) is 37.8 Å². The SMILES string of the molecule is NC1=NC2(CCCCC2)N(c2cc(F)ccc2F)C(N)=N1. The van der Waals surface area contributed by atoms with E-state index in [-0.39, 0.29) is 17.6 Å². The van der Waals surface area contributed by atoms with E-state index in [1.165, 1.54) is 4.90 Å². The predicted molar refractivity (Wildman–Crippen MR) is 77.9 cm³/mol. The molecule has 1 heterocycles. The van der Waals surface area contributed by atoms with E-state index in [1.807, 2.05) is 0 Å². The van der Waals surface area contributed by atoms with Crippen molar-refractivity contribution in [2.75, 3.05) is 4.90 Å². The van der Waals surface area contributed by atoms with Crippen LogP contribution in [0, 0.1) is 11.6 Å². The molecule has 1 spiro atoms. The molecule has 0 radical (unpaired) electrons. The lowest BCUT2D eigenvalue weighted by molar-refractivity contribution is 0.303. The summed E-state index contributed by atoms with van der Waals surface area (Å²) in [5, 5.41) is 0. The van der Waals surface area contributed by atoms with E-state index in [0.717, 1.165) is 37.5 Å². The monoisotopic (exact) mass is 293 g/mol. The number of nitrogens with zero attached hydrogens (tertiary/aromatic N) is 3. The summed E-state index contributed by atoms with van der Waals surface area (Å²) in [5.41, 5.74) is 11.0. The number of anilines is 1. The smallest absolute Gasteiger partial charge is 0.220 e. The Labute approximate surface area is 121 Å². The van der Waals surface area contributed by atoms with Gasteiger partial charge in [0.2, 0.25) is 11.9 Å². The molecule has 5 nitrogen and oxygen atoms in total. The highest BCUT2D eigenvalue weighted by molar-refractivity contribution is 6.05. The molecule has 7 heteroatoms. The number of benzene rings is 1. The zero-order valence-corrected chi connectivity index (χ0v) is 11.5. The molecule has 0 unspecified atom stereocenters. The van der Waals surface area contributed by atoms with Crippen LogP contribution in [0.2, 0.25) is 0 Å². The van der Waals surface area contributed by atoms with Crippen molar-refractivity contribution in [1.82, 2.24) is 0 Å². The Morgan fingerprint density at radius 3 is 2.52 bits per heavy atom. The molecular weight excluding hydrogens is 276 g/mol. The van der Waals surface area contributed by atoms with Gasteiger partial charge >= 0.3 is 0 Å². The first-order chi connectivity index (χ1) is 10.0. The van der Waals surface area contributed by atoms with Gasteiger partial charge in [-0.25, -0.2) is 13.8 Å². The maximum absolute atomic E-state index is 14.2. The summed E-state index contributed by atoms with van der Waals surface area (Å²) >= 11 is 0. The van der Waals surface area contributed by atoms with Gasteiger partial charge in [-0.15, -0.1) is 0 Å². The van der Waals surface area contributed by atoms with Gasteiger partial charge in [0.15, 0.2) is 0 Å². The molecule has 1 aromatic rings. The van der Waals surface area contributed by atoms with Crippen molar-refractivity contribution in [1.29, 1.82) is 0 Å². The van der Waals surface area contributed by atoms with Crippen LogP contribution in [0.5, 0.6) is 0 Å². The van der Waals surface area contributed by atoms with E-state index in [9.17, 15) is 8.78 Å². The summed E-state index contributed by atoms with van der Waals surface area (Å²) in [5.74, 6) is -0.959. The molecule has 112 valence electrons. The van der Waals surface area contributed by atoms with Gasteiger partial charge in [0.05, 0.1) is 5.69 Å². The summed E-state index contributed by atoms with van der Waals surface area (Å²) in [6.07, 6.45) is 4.29. The first-order valence-electron chi connectivity index (χ1n) is 6.97. The molecule has 0 atom stereocenters. The second-order valence-corrected chi connectivity index (χ2v) is 5.41. The van der Waals surface area contributed by atoms with Crippen LogP contribution in [0.15, 0.2) is 28.2 Å². The Hall–Kier alpha value is -2.18. The average Bonchev–Trinajstić information content (AvgIpc) is 2.42. The van der Waals surface area contributed by atoms with Gasteiger partial charge in [-0.1, -0.05) is 6.42 Å². The molecule has 0 bridgehead atoms. The summed E-state index contributed by atoms with van der Waals surface area (Å²) in [6.45, 7) is 0. The predicted octanol–water partition coefficient (Wildman–Crippen LogP) is 2.07. The number of halogens is 2. The summed E-state index contributed by atoms with van der Waals surface area (Å²) in [6, 6.07) is 3.27. The van der Waals surface area contributed by atoms with E-state index in [4.69, 9.17) is 11.5 Å². The van der Waals surface area contributed by atoms with E-state index >= 15 is 0 Å². The van der Waals surface area contributed by atoms with Crippen LogP contribution in [0.25, 0.3) is 0 Å². The highest BCUT2D eigenvalue weighted by atomic mass is 19.1. The van der Waals surface area contributed by atoms with Crippen LogP contribution in [0.4, 0.5) is 14.5 Å². The summed E-state index contributed by atoms with van der Waals surface area (Å²) < 4.78 is 27.7. The Kier molecular flexibility index (Phi) is 3.27. The molecule has 0 amide bonds. The number of hydrogen-bond acceptors (Lipinski definition) is 5. The van der Waals surface area contributed by atoms with Crippen LogP contribution < -0.4 is 16.4 Å². The van der Waals surface area contributed by atoms with E-state index in [1.54, 1.807) is 0 Å². The number of nitrogens with two attached hydrogens (primary N) is 2. The van der Waals surface area contributed by atoms with Crippen LogP contribution >= 0.6 is 0 Å².